The molecule has 2 aliphatic heterocycles. The van der Waals surface area contributed by atoms with Crippen LogP contribution in [0.2, 0.25) is 0 Å². The van der Waals surface area contributed by atoms with Crippen molar-refractivity contribution in [1.82, 2.24) is 20.5 Å². The van der Waals surface area contributed by atoms with E-state index in [9.17, 15) is 24.3 Å². The van der Waals surface area contributed by atoms with Crippen molar-refractivity contribution in [3.8, 4) is 0 Å². The van der Waals surface area contributed by atoms with Crippen molar-refractivity contribution < 1.29 is 24.3 Å². The maximum atomic E-state index is 13.8. The summed E-state index contributed by atoms with van der Waals surface area (Å²) in [5.74, 6) is -2.64. The minimum Gasteiger partial charge on any atom is -0.480 e. The average Bonchev–Trinajstić information content (AvgIpc) is 3.41. The number of hydrogen-bond acceptors (Lipinski definition) is 4. The third-order valence-corrected chi connectivity index (χ3v) is 7.68. The molecule has 5 atom stereocenters. The number of carbonyl (C=O) groups excluding carboxylic acids is 3. The van der Waals surface area contributed by atoms with Crippen molar-refractivity contribution in [1.29, 1.82) is 0 Å². The van der Waals surface area contributed by atoms with Gasteiger partial charge in [-0.15, -0.1) is 0 Å². The van der Waals surface area contributed by atoms with Crippen LogP contribution >= 0.6 is 0 Å². The molecular weight excluding hydrogens is 472 g/mol. The van der Waals surface area contributed by atoms with Crippen molar-refractivity contribution in [2.75, 3.05) is 0 Å². The van der Waals surface area contributed by atoms with Gasteiger partial charge in [0.2, 0.25) is 11.8 Å². The van der Waals surface area contributed by atoms with Crippen molar-refractivity contribution >= 4 is 34.6 Å². The molecule has 0 fully saturated rings. The number of aromatic nitrogens is 1. The summed E-state index contributed by atoms with van der Waals surface area (Å²) in [6, 6.07) is 11.9. The molecule has 3 aromatic rings. The molecule has 9 nitrogen and oxygen atoms in total. The Bertz CT molecular complexity index is 1410. The van der Waals surface area contributed by atoms with Crippen molar-refractivity contribution in [2.24, 2.45) is 5.92 Å². The number of nitrogens with zero attached hydrogens (tertiary/aromatic N) is 1. The van der Waals surface area contributed by atoms with Gasteiger partial charge in [-0.25, -0.2) is 0 Å². The maximum absolute atomic E-state index is 13.8. The average molecular weight is 503 g/mol. The number of fused-ring (bicyclic) bond motifs is 7. The minimum absolute atomic E-state index is 0.228. The molecule has 2 aliphatic rings. The van der Waals surface area contributed by atoms with Crippen LogP contribution in [0.3, 0.4) is 0 Å². The molecule has 3 amide bonds. The molecule has 192 valence electrons. The van der Waals surface area contributed by atoms with Gasteiger partial charge >= 0.3 is 5.97 Å². The lowest BCUT2D eigenvalue weighted by Gasteiger charge is -2.38. The van der Waals surface area contributed by atoms with E-state index >= 15 is 0 Å². The summed E-state index contributed by atoms with van der Waals surface area (Å²) in [4.78, 5) is 56.8. The van der Waals surface area contributed by atoms with Crippen LogP contribution in [0.1, 0.15) is 60.4 Å². The number of hydrogen-bond donors (Lipinski definition) is 4. The number of rotatable bonds is 7. The zero-order valence-corrected chi connectivity index (χ0v) is 20.9. The number of para-hydroxylation sites is 1. The van der Waals surface area contributed by atoms with E-state index in [-0.39, 0.29) is 11.8 Å². The molecule has 0 radical (unpaired) electrons. The summed E-state index contributed by atoms with van der Waals surface area (Å²) in [5.41, 5.74) is 4.21. The van der Waals surface area contributed by atoms with Gasteiger partial charge in [-0.2, -0.15) is 0 Å². The summed E-state index contributed by atoms with van der Waals surface area (Å²) in [7, 11) is 0. The van der Waals surface area contributed by atoms with E-state index in [1.165, 1.54) is 6.92 Å². The Labute approximate surface area is 214 Å². The van der Waals surface area contributed by atoms with E-state index < -0.39 is 42.0 Å². The zero-order valence-electron chi connectivity index (χ0n) is 20.9. The lowest BCUT2D eigenvalue weighted by atomic mass is 9.89. The summed E-state index contributed by atoms with van der Waals surface area (Å²) in [6.07, 6.45) is 0.884. The molecule has 0 spiro atoms. The van der Waals surface area contributed by atoms with Gasteiger partial charge in [-0.05, 0) is 36.1 Å². The molecule has 5 rings (SSSR count). The fourth-order valence-electron chi connectivity index (χ4n) is 5.45. The lowest BCUT2D eigenvalue weighted by Crippen LogP contribution is -2.59. The largest absolute Gasteiger partial charge is 0.480 e. The Morgan fingerprint density at radius 1 is 1.08 bits per heavy atom. The highest BCUT2D eigenvalue weighted by molar-refractivity contribution is 6.04. The van der Waals surface area contributed by atoms with Crippen LogP contribution < -0.4 is 10.6 Å². The Balaban J connectivity index is 1.53. The monoisotopic (exact) mass is 502 g/mol. The smallest absolute Gasteiger partial charge is 0.325 e. The van der Waals surface area contributed by atoms with E-state index in [0.29, 0.717) is 18.4 Å². The molecule has 2 unspecified atom stereocenters. The van der Waals surface area contributed by atoms with Gasteiger partial charge in [0, 0.05) is 28.6 Å². The molecule has 3 heterocycles. The molecule has 9 heteroatoms. The Kier molecular flexibility index (Phi) is 6.23. The molecule has 4 N–H and O–H groups in total. The fourth-order valence-corrected chi connectivity index (χ4v) is 5.45. The standard InChI is InChI=1S/C28H30N4O5/c1-4-14(2)22(26(34)29-15(3)28(36)37)31-25(33)21-13-19-16-9-7-8-12-20(16)30-23(19)24-17-10-5-6-11-18(17)27(35)32(21)24/h5-12,14-15,21-22,24,30H,4,13H2,1-3H3,(H,29,34)(H,31,33)(H,36,37)/t14?,15-,21-,22-,24?/m0/s1. The predicted molar refractivity (Wildman–Crippen MR) is 137 cm³/mol. The molecular formula is C28H30N4O5. The van der Waals surface area contributed by atoms with E-state index in [4.69, 9.17) is 0 Å². The second-order valence-electron chi connectivity index (χ2n) is 9.93. The molecule has 0 saturated carbocycles. The van der Waals surface area contributed by atoms with Crippen LogP contribution in [0.25, 0.3) is 10.9 Å². The van der Waals surface area contributed by atoms with Gasteiger partial charge in [0.05, 0.1) is 6.04 Å². The topological polar surface area (TPSA) is 132 Å². The summed E-state index contributed by atoms with van der Waals surface area (Å²) in [5, 5.41) is 15.6. The SMILES string of the molecule is CCC(C)[C@H](NC(=O)[C@@H]1Cc2c([nH]c3ccccc23)C2c3ccccc3C(=O)N21)C(=O)N[C@@H](C)C(=O)O. The van der Waals surface area contributed by atoms with Crippen LogP contribution in [-0.2, 0) is 20.8 Å². The number of aliphatic carboxylic acids is 1. The number of amides is 3. The summed E-state index contributed by atoms with van der Waals surface area (Å²) in [6.45, 7) is 5.10. The van der Waals surface area contributed by atoms with E-state index in [1.54, 1.807) is 11.0 Å². The van der Waals surface area contributed by atoms with Crippen molar-refractivity contribution in [2.45, 2.75) is 57.8 Å². The van der Waals surface area contributed by atoms with Gasteiger partial charge in [-0.1, -0.05) is 56.7 Å². The molecule has 37 heavy (non-hydrogen) atoms. The minimum atomic E-state index is -1.16. The highest BCUT2D eigenvalue weighted by Crippen LogP contribution is 2.46. The highest BCUT2D eigenvalue weighted by Gasteiger charge is 2.49. The van der Waals surface area contributed by atoms with Gasteiger partial charge in [0.15, 0.2) is 0 Å². The maximum Gasteiger partial charge on any atom is 0.325 e. The fraction of sp³-hybridized carbons (Fsp3) is 0.357. The van der Waals surface area contributed by atoms with Crippen LogP contribution in [0, 0.1) is 5.92 Å². The van der Waals surface area contributed by atoms with E-state index in [1.807, 2.05) is 56.3 Å². The first-order valence-corrected chi connectivity index (χ1v) is 12.6. The molecule has 0 bridgehead atoms. The van der Waals surface area contributed by atoms with Gasteiger partial charge in [0.25, 0.3) is 5.91 Å². The van der Waals surface area contributed by atoms with Crippen LogP contribution in [0.4, 0.5) is 0 Å². The van der Waals surface area contributed by atoms with E-state index in [2.05, 4.69) is 15.6 Å². The summed E-state index contributed by atoms with van der Waals surface area (Å²) >= 11 is 0. The number of benzene rings is 2. The predicted octanol–water partition coefficient (Wildman–Crippen LogP) is 2.76. The van der Waals surface area contributed by atoms with Gasteiger partial charge in [0.1, 0.15) is 18.1 Å². The van der Waals surface area contributed by atoms with Crippen LogP contribution in [-0.4, -0.2) is 56.8 Å². The molecule has 0 aliphatic carbocycles. The van der Waals surface area contributed by atoms with Gasteiger partial charge < -0.3 is 25.6 Å². The van der Waals surface area contributed by atoms with Crippen molar-refractivity contribution in [3.05, 3.63) is 70.9 Å². The second kappa shape index (κ2) is 9.38. The number of carbonyl (C=O) groups is 4. The third-order valence-electron chi connectivity index (χ3n) is 7.68. The summed E-state index contributed by atoms with van der Waals surface area (Å²) < 4.78 is 0. The van der Waals surface area contributed by atoms with Crippen LogP contribution in [0.15, 0.2) is 48.5 Å². The van der Waals surface area contributed by atoms with Crippen molar-refractivity contribution in [3.63, 3.8) is 0 Å². The first kappa shape index (κ1) is 24.5. The Hall–Kier alpha value is -4.14. The normalized spacial score (nSPS) is 20.4. The first-order chi connectivity index (χ1) is 17.7. The number of carboxylic acid groups (broad SMARTS) is 1. The Morgan fingerprint density at radius 2 is 1.78 bits per heavy atom. The molecule has 2 aromatic carbocycles. The van der Waals surface area contributed by atoms with Gasteiger partial charge in [-0.3, -0.25) is 19.2 Å². The molecule has 0 saturated heterocycles. The first-order valence-electron chi connectivity index (χ1n) is 12.6. The highest BCUT2D eigenvalue weighted by atomic mass is 16.4. The number of aromatic amines is 1. The third kappa shape index (κ3) is 4.04. The Morgan fingerprint density at radius 3 is 2.51 bits per heavy atom. The molecule has 1 aromatic heterocycles. The van der Waals surface area contributed by atoms with E-state index in [0.717, 1.165) is 27.7 Å². The number of H-pyrrole nitrogens is 1. The quantitative estimate of drug-likeness (QED) is 0.395. The second-order valence-corrected chi connectivity index (χ2v) is 9.93. The number of carboxylic acids is 1. The zero-order chi connectivity index (χ0) is 26.4. The van der Waals surface area contributed by atoms with Crippen LogP contribution in [0.5, 0.6) is 0 Å². The lowest BCUT2D eigenvalue weighted by molar-refractivity contribution is -0.142. The number of nitrogens with one attached hydrogen (secondary N) is 3.